The first-order valence-corrected chi connectivity index (χ1v) is 7.45. The van der Waals surface area contributed by atoms with Crippen molar-refractivity contribution in [2.24, 2.45) is 0 Å². The number of carbonyl (C=O) groups excluding carboxylic acids is 1. The number of nitrogens with zero attached hydrogens (tertiary/aromatic N) is 3. The fraction of sp³-hybridized carbons (Fsp3) is 0.176. The third-order valence-corrected chi connectivity index (χ3v) is 3.61. The first-order valence-electron chi connectivity index (χ1n) is 7.45. The minimum atomic E-state index is -0.351. The third-order valence-electron chi connectivity index (χ3n) is 3.61. The van der Waals surface area contributed by atoms with Crippen molar-refractivity contribution in [1.29, 1.82) is 0 Å². The van der Waals surface area contributed by atoms with Crippen molar-refractivity contribution >= 4 is 11.7 Å². The minimum Gasteiger partial charge on any atom is -0.461 e. The first kappa shape index (κ1) is 15.7. The predicted octanol–water partition coefficient (Wildman–Crippen LogP) is 2.51. The van der Waals surface area contributed by atoms with Gasteiger partial charge < -0.3 is 15.5 Å². The molecule has 7 heteroatoms. The van der Waals surface area contributed by atoms with Crippen LogP contribution in [0.5, 0.6) is 0 Å². The van der Waals surface area contributed by atoms with Crippen LogP contribution in [0.4, 0.5) is 5.82 Å². The molecule has 0 fully saturated rings. The van der Waals surface area contributed by atoms with E-state index in [1.165, 1.54) is 12.5 Å². The quantitative estimate of drug-likeness (QED) is 0.764. The molecule has 1 unspecified atom stereocenters. The van der Waals surface area contributed by atoms with E-state index in [0.717, 1.165) is 11.3 Å². The lowest BCUT2D eigenvalue weighted by Gasteiger charge is -2.15. The maximum Gasteiger partial charge on any atom is 0.257 e. The lowest BCUT2D eigenvalue weighted by Crippen LogP contribution is -2.28. The SMILES string of the molecule is Cc1cccnc1C(C)NC(=O)c1cnc(-c2ccco2)nc1N. The van der Waals surface area contributed by atoms with Crippen LogP contribution in [0.15, 0.2) is 47.3 Å². The van der Waals surface area contributed by atoms with E-state index in [0.29, 0.717) is 11.6 Å². The molecule has 0 saturated carbocycles. The molecule has 3 rings (SSSR count). The molecule has 7 nitrogen and oxygen atoms in total. The molecular weight excluding hydrogens is 306 g/mol. The monoisotopic (exact) mass is 323 g/mol. The number of aromatic nitrogens is 3. The molecule has 24 heavy (non-hydrogen) atoms. The second-order valence-electron chi connectivity index (χ2n) is 5.37. The summed E-state index contributed by atoms with van der Waals surface area (Å²) in [6.45, 7) is 3.81. The number of hydrogen-bond donors (Lipinski definition) is 2. The van der Waals surface area contributed by atoms with Crippen molar-refractivity contribution in [2.45, 2.75) is 19.9 Å². The van der Waals surface area contributed by atoms with Gasteiger partial charge in [0.25, 0.3) is 5.91 Å². The van der Waals surface area contributed by atoms with Gasteiger partial charge in [0, 0.05) is 12.4 Å². The molecule has 3 aromatic heterocycles. The van der Waals surface area contributed by atoms with Gasteiger partial charge >= 0.3 is 0 Å². The fourth-order valence-electron chi connectivity index (χ4n) is 2.39. The number of amides is 1. The highest BCUT2D eigenvalue weighted by atomic mass is 16.3. The molecule has 3 heterocycles. The second kappa shape index (κ2) is 6.49. The molecule has 3 aromatic rings. The van der Waals surface area contributed by atoms with Crippen LogP contribution >= 0.6 is 0 Å². The lowest BCUT2D eigenvalue weighted by atomic mass is 10.1. The summed E-state index contributed by atoms with van der Waals surface area (Å²) in [5.41, 5.74) is 7.92. The molecule has 0 saturated heterocycles. The molecule has 0 bridgehead atoms. The topological polar surface area (TPSA) is 107 Å². The zero-order chi connectivity index (χ0) is 17.1. The first-order chi connectivity index (χ1) is 11.6. The van der Waals surface area contributed by atoms with Gasteiger partial charge in [0.15, 0.2) is 11.6 Å². The Bertz CT molecular complexity index is 861. The van der Waals surface area contributed by atoms with E-state index in [-0.39, 0.29) is 23.3 Å². The zero-order valence-electron chi connectivity index (χ0n) is 13.4. The van der Waals surface area contributed by atoms with Crippen LogP contribution in [0.2, 0.25) is 0 Å². The van der Waals surface area contributed by atoms with E-state index < -0.39 is 0 Å². The third kappa shape index (κ3) is 3.10. The average Bonchev–Trinajstić information content (AvgIpc) is 3.09. The average molecular weight is 323 g/mol. The normalized spacial score (nSPS) is 11.9. The lowest BCUT2D eigenvalue weighted by molar-refractivity contribution is 0.0939. The summed E-state index contributed by atoms with van der Waals surface area (Å²) in [6.07, 6.45) is 4.61. The van der Waals surface area contributed by atoms with Crippen molar-refractivity contribution in [3.8, 4) is 11.6 Å². The molecular formula is C17H17N5O2. The Morgan fingerprint density at radius 2 is 2.12 bits per heavy atom. The highest BCUT2D eigenvalue weighted by Crippen LogP contribution is 2.19. The van der Waals surface area contributed by atoms with Crippen LogP contribution in [-0.4, -0.2) is 20.9 Å². The largest absolute Gasteiger partial charge is 0.461 e. The molecule has 122 valence electrons. The maximum absolute atomic E-state index is 12.4. The predicted molar refractivity (Wildman–Crippen MR) is 89.0 cm³/mol. The highest BCUT2D eigenvalue weighted by Gasteiger charge is 2.18. The van der Waals surface area contributed by atoms with Crippen molar-refractivity contribution < 1.29 is 9.21 Å². The van der Waals surface area contributed by atoms with Gasteiger partial charge in [0.2, 0.25) is 0 Å². The molecule has 0 aliphatic rings. The van der Waals surface area contributed by atoms with Gasteiger partial charge in [-0.1, -0.05) is 6.07 Å². The van der Waals surface area contributed by atoms with Crippen LogP contribution in [0.1, 0.15) is 34.6 Å². The van der Waals surface area contributed by atoms with Gasteiger partial charge in [0.05, 0.1) is 23.6 Å². The fourth-order valence-corrected chi connectivity index (χ4v) is 2.39. The molecule has 0 radical (unpaired) electrons. The number of aryl methyl sites for hydroxylation is 1. The van der Waals surface area contributed by atoms with Crippen molar-refractivity contribution in [1.82, 2.24) is 20.3 Å². The van der Waals surface area contributed by atoms with E-state index in [4.69, 9.17) is 10.2 Å². The number of furan rings is 1. The number of carbonyl (C=O) groups is 1. The standard InChI is InChI=1S/C17H17N5O2/c1-10-5-3-7-19-14(10)11(2)21-17(23)12-9-20-16(22-15(12)18)13-6-4-8-24-13/h3-9,11H,1-2H3,(H,21,23)(H2,18,20,22). The Balaban J connectivity index is 1.79. The summed E-state index contributed by atoms with van der Waals surface area (Å²) in [5, 5.41) is 2.86. The number of nitrogens with one attached hydrogen (secondary N) is 1. The Morgan fingerprint density at radius 3 is 2.79 bits per heavy atom. The molecule has 0 aliphatic carbocycles. The van der Waals surface area contributed by atoms with Gasteiger partial charge in [0.1, 0.15) is 5.82 Å². The van der Waals surface area contributed by atoms with Crippen LogP contribution in [-0.2, 0) is 0 Å². The molecule has 0 aromatic carbocycles. The van der Waals surface area contributed by atoms with Crippen LogP contribution in [0, 0.1) is 6.92 Å². The van der Waals surface area contributed by atoms with E-state index in [9.17, 15) is 4.79 Å². The van der Waals surface area contributed by atoms with Crippen molar-refractivity contribution in [3.05, 3.63) is 59.7 Å². The van der Waals surface area contributed by atoms with Gasteiger partial charge in [-0.3, -0.25) is 9.78 Å². The minimum absolute atomic E-state index is 0.0962. The summed E-state index contributed by atoms with van der Waals surface area (Å²) in [4.78, 5) is 25.0. The number of nitrogens with two attached hydrogens (primary N) is 1. The molecule has 0 aliphatic heterocycles. The summed E-state index contributed by atoms with van der Waals surface area (Å²) in [5.74, 6) is 0.573. The number of nitrogen functional groups attached to an aromatic ring is 1. The summed E-state index contributed by atoms with van der Waals surface area (Å²) >= 11 is 0. The van der Waals surface area contributed by atoms with E-state index >= 15 is 0 Å². The van der Waals surface area contributed by atoms with Crippen LogP contribution < -0.4 is 11.1 Å². The number of pyridine rings is 1. The highest BCUT2D eigenvalue weighted by molar-refractivity contribution is 5.98. The van der Waals surface area contributed by atoms with E-state index in [1.807, 2.05) is 26.0 Å². The summed E-state index contributed by atoms with van der Waals surface area (Å²) in [7, 11) is 0. The van der Waals surface area contributed by atoms with E-state index in [1.54, 1.807) is 18.3 Å². The summed E-state index contributed by atoms with van der Waals surface area (Å²) < 4.78 is 5.22. The maximum atomic E-state index is 12.4. The van der Waals surface area contributed by atoms with Gasteiger partial charge in [-0.05, 0) is 37.6 Å². The number of hydrogen-bond acceptors (Lipinski definition) is 6. The molecule has 1 atom stereocenters. The number of anilines is 1. The Hall–Kier alpha value is -3.22. The Labute approximate surface area is 139 Å². The summed E-state index contributed by atoms with van der Waals surface area (Å²) in [6, 6.07) is 6.99. The zero-order valence-corrected chi connectivity index (χ0v) is 13.4. The van der Waals surface area contributed by atoms with Crippen LogP contribution in [0.3, 0.4) is 0 Å². The second-order valence-corrected chi connectivity index (χ2v) is 5.37. The van der Waals surface area contributed by atoms with Crippen molar-refractivity contribution in [2.75, 3.05) is 5.73 Å². The molecule has 0 spiro atoms. The van der Waals surface area contributed by atoms with E-state index in [2.05, 4.69) is 20.3 Å². The Morgan fingerprint density at radius 1 is 1.29 bits per heavy atom. The molecule has 1 amide bonds. The Kier molecular flexibility index (Phi) is 4.24. The van der Waals surface area contributed by atoms with Gasteiger partial charge in [-0.2, -0.15) is 0 Å². The van der Waals surface area contributed by atoms with Gasteiger partial charge in [-0.15, -0.1) is 0 Å². The van der Waals surface area contributed by atoms with Crippen LogP contribution in [0.25, 0.3) is 11.6 Å². The number of rotatable bonds is 4. The molecule has 3 N–H and O–H groups in total. The van der Waals surface area contributed by atoms with Gasteiger partial charge in [-0.25, -0.2) is 9.97 Å². The smallest absolute Gasteiger partial charge is 0.257 e. The van der Waals surface area contributed by atoms with Crippen molar-refractivity contribution in [3.63, 3.8) is 0 Å².